The van der Waals surface area contributed by atoms with Crippen LogP contribution in [0.15, 0.2) is 59.6 Å². The molecule has 112 valence electrons. The summed E-state index contributed by atoms with van der Waals surface area (Å²) in [6, 6.07) is 13.7. The molecule has 0 atom stereocenters. The van der Waals surface area contributed by atoms with Gasteiger partial charge in [0.25, 0.3) is 0 Å². The Hall–Kier alpha value is -1.25. The molecule has 0 spiro atoms. The summed E-state index contributed by atoms with van der Waals surface area (Å²) in [7, 11) is 0. The molecule has 1 nitrogen and oxygen atoms in total. The highest BCUT2D eigenvalue weighted by Crippen LogP contribution is 2.28. The zero-order chi connectivity index (χ0) is 16.1. The largest absolute Gasteiger partial charge is 0.288 e. The standard InChI is InChI=1S/C17H10Cl4O/c18-9-15(11-1-5-13(20)6-2-11)17(22)16(10-19)12-3-7-14(21)8-4-12/h1-10H. The van der Waals surface area contributed by atoms with E-state index in [1.54, 1.807) is 48.5 Å². The average molecular weight is 372 g/mol. The summed E-state index contributed by atoms with van der Waals surface area (Å²) < 4.78 is 0. The molecule has 0 fully saturated rings. The summed E-state index contributed by atoms with van der Waals surface area (Å²) in [5.74, 6) is -0.283. The van der Waals surface area contributed by atoms with Crippen molar-refractivity contribution in [3.63, 3.8) is 0 Å². The van der Waals surface area contributed by atoms with Crippen LogP contribution < -0.4 is 0 Å². The Morgan fingerprint density at radius 3 is 1.27 bits per heavy atom. The lowest BCUT2D eigenvalue weighted by Crippen LogP contribution is -2.04. The molecule has 0 saturated heterocycles. The van der Waals surface area contributed by atoms with E-state index in [1.807, 2.05) is 0 Å². The number of Topliss-reactive ketones (excluding diaryl/α,β-unsaturated/α-hetero) is 1. The van der Waals surface area contributed by atoms with Gasteiger partial charge < -0.3 is 0 Å². The molecule has 0 saturated carbocycles. The molecule has 0 radical (unpaired) electrons. The van der Waals surface area contributed by atoms with Gasteiger partial charge in [-0.1, -0.05) is 70.7 Å². The number of carbonyl (C=O) groups excluding carboxylic acids is 1. The molecular formula is C17H10Cl4O. The zero-order valence-electron chi connectivity index (χ0n) is 11.2. The summed E-state index contributed by atoms with van der Waals surface area (Å²) in [4.78, 5) is 12.7. The van der Waals surface area contributed by atoms with Crippen LogP contribution in [0.2, 0.25) is 10.0 Å². The number of halogens is 4. The molecule has 0 N–H and O–H groups in total. The van der Waals surface area contributed by atoms with E-state index in [2.05, 4.69) is 0 Å². The average Bonchev–Trinajstić information content (AvgIpc) is 2.52. The molecular weight excluding hydrogens is 362 g/mol. The van der Waals surface area contributed by atoms with Gasteiger partial charge in [-0.2, -0.15) is 0 Å². The van der Waals surface area contributed by atoms with Gasteiger partial charge in [0, 0.05) is 32.3 Å². The van der Waals surface area contributed by atoms with E-state index in [9.17, 15) is 4.79 Å². The number of allylic oxidation sites excluding steroid dienone is 2. The Morgan fingerprint density at radius 1 is 0.682 bits per heavy atom. The van der Waals surface area contributed by atoms with Gasteiger partial charge in [-0.3, -0.25) is 4.79 Å². The maximum absolute atomic E-state index is 12.7. The summed E-state index contributed by atoms with van der Waals surface area (Å²) in [6.07, 6.45) is 0. The van der Waals surface area contributed by atoms with Crippen LogP contribution in [0.3, 0.4) is 0 Å². The Kier molecular flexibility index (Phi) is 6.10. The van der Waals surface area contributed by atoms with Crippen molar-refractivity contribution < 1.29 is 4.79 Å². The summed E-state index contributed by atoms with van der Waals surface area (Å²) in [5, 5.41) is 1.16. The lowest BCUT2D eigenvalue weighted by Gasteiger charge is -2.09. The van der Waals surface area contributed by atoms with Crippen molar-refractivity contribution in [1.82, 2.24) is 0 Å². The summed E-state index contributed by atoms with van der Waals surface area (Å²) in [6.45, 7) is 0. The Balaban J connectivity index is 2.38. The third kappa shape index (κ3) is 3.93. The maximum atomic E-state index is 12.7. The van der Waals surface area contributed by atoms with E-state index in [1.165, 1.54) is 11.1 Å². The fraction of sp³-hybridized carbons (Fsp3) is 0. The van der Waals surface area contributed by atoms with Crippen molar-refractivity contribution >= 4 is 63.3 Å². The lowest BCUT2D eigenvalue weighted by molar-refractivity contribution is -0.108. The van der Waals surface area contributed by atoms with E-state index >= 15 is 0 Å². The second-order valence-corrected chi connectivity index (χ2v) is 5.70. The van der Waals surface area contributed by atoms with Crippen molar-refractivity contribution in [3.05, 3.63) is 80.8 Å². The first kappa shape index (κ1) is 17.1. The van der Waals surface area contributed by atoms with Crippen molar-refractivity contribution in [2.24, 2.45) is 0 Å². The molecule has 22 heavy (non-hydrogen) atoms. The van der Waals surface area contributed by atoms with Crippen molar-refractivity contribution in [1.29, 1.82) is 0 Å². The van der Waals surface area contributed by atoms with Crippen LogP contribution in [-0.4, -0.2) is 5.78 Å². The van der Waals surface area contributed by atoms with E-state index < -0.39 is 0 Å². The maximum Gasteiger partial charge on any atom is 0.195 e. The smallest absolute Gasteiger partial charge is 0.195 e. The molecule has 5 heteroatoms. The van der Waals surface area contributed by atoms with E-state index in [0.717, 1.165) is 0 Å². The SMILES string of the molecule is O=C(C(=CCl)c1ccc(Cl)cc1)C(=CCl)c1ccc(Cl)cc1. The molecule has 0 unspecified atom stereocenters. The number of ketones is 1. The predicted octanol–water partition coefficient (Wildman–Crippen LogP) is 6.42. The van der Waals surface area contributed by atoms with E-state index in [-0.39, 0.29) is 5.78 Å². The number of hydrogen-bond donors (Lipinski definition) is 0. The number of carbonyl (C=O) groups is 1. The molecule has 0 aliphatic rings. The third-order valence-corrected chi connectivity index (χ3v) is 3.96. The summed E-state index contributed by atoms with van der Waals surface area (Å²) in [5.41, 5.74) is 4.47. The topological polar surface area (TPSA) is 17.1 Å². The van der Waals surface area contributed by atoms with Crippen LogP contribution in [0.5, 0.6) is 0 Å². The molecule has 2 rings (SSSR count). The van der Waals surface area contributed by atoms with Gasteiger partial charge in [0.15, 0.2) is 5.78 Å². The zero-order valence-corrected chi connectivity index (χ0v) is 14.2. The van der Waals surface area contributed by atoms with Crippen LogP contribution in [0, 0.1) is 0 Å². The van der Waals surface area contributed by atoms with Crippen LogP contribution in [-0.2, 0) is 4.79 Å². The third-order valence-electron chi connectivity index (χ3n) is 3.02. The van der Waals surface area contributed by atoms with Crippen molar-refractivity contribution in [2.75, 3.05) is 0 Å². The second kappa shape index (κ2) is 7.85. The van der Waals surface area contributed by atoms with Crippen molar-refractivity contribution in [3.8, 4) is 0 Å². The molecule has 0 aromatic heterocycles. The lowest BCUT2D eigenvalue weighted by atomic mass is 9.95. The monoisotopic (exact) mass is 370 g/mol. The number of benzene rings is 2. The summed E-state index contributed by atoms with van der Waals surface area (Å²) >= 11 is 23.4. The minimum Gasteiger partial charge on any atom is -0.288 e. The molecule has 0 aliphatic carbocycles. The van der Waals surface area contributed by atoms with Crippen LogP contribution >= 0.6 is 46.4 Å². The fourth-order valence-electron chi connectivity index (χ4n) is 1.89. The number of hydrogen-bond acceptors (Lipinski definition) is 1. The van der Waals surface area contributed by atoms with E-state index in [4.69, 9.17) is 46.4 Å². The molecule has 2 aromatic rings. The van der Waals surface area contributed by atoms with Gasteiger partial charge >= 0.3 is 0 Å². The molecule has 2 aromatic carbocycles. The Labute approximate surface area is 148 Å². The molecule has 0 aliphatic heterocycles. The van der Waals surface area contributed by atoms with Gasteiger partial charge in [0.1, 0.15) is 0 Å². The molecule has 0 bridgehead atoms. The van der Waals surface area contributed by atoms with E-state index in [0.29, 0.717) is 32.3 Å². The highest BCUT2D eigenvalue weighted by atomic mass is 35.5. The highest BCUT2D eigenvalue weighted by molar-refractivity contribution is 6.49. The Bertz CT molecular complexity index is 665. The first-order valence-corrected chi connectivity index (χ1v) is 7.87. The van der Waals surface area contributed by atoms with Gasteiger partial charge in [0.05, 0.1) is 0 Å². The van der Waals surface area contributed by atoms with Crippen LogP contribution in [0.1, 0.15) is 11.1 Å². The fourth-order valence-corrected chi connectivity index (χ4v) is 2.59. The normalized spacial score (nSPS) is 12.4. The van der Waals surface area contributed by atoms with Crippen molar-refractivity contribution in [2.45, 2.75) is 0 Å². The van der Waals surface area contributed by atoms with Gasteiger partial charge in [-0.25, -0.2) is 0 Å². The second-order valence-electron chi connectivity index (χ2n) is 4.39. The van der Waals surface area contributed by atoms with Gasteiger partial charge in [-0.05, 0) is 35.4 Å². The minimum absolute atomic E-state index is 0.283. The minimum atomic E-state index is -0.283. The highest BCUT2D eigenvalue weighted by Gasteiger charge is 2.18. The quantitative estimate of drug-likeness (QED) is 0.566. The molecule has 0 heterocycles. The van der Waals surface area contributed by atoms with Gasteiger partial charge in [-0.15, -0.1) is 0 Å². The van der Waals surface area contributed by atoms with Crippen LogP contribution in [0.25, 0.3) is 11.1 Å². The molecule has 0 amide bonds. The van der Waals surface area contributed by atoms with Crippen LogP contribution in [0.4, 0.5) is 0 Å². The number of rotatable bonds is 4. The Morgan fingerprint density at radius 2 is 1.00 bits per heavy atom. The first-order valence-electron chi connectivity index (χ1n) is 6.24. The first-order chi connectivity index (χ1) is 10.6. The van der Waals surface area contributed by atoms with Gasteiger partial charge in [0.2, 0.25) is 0 Å². The predicted molar refractivity (Wildman–Crippen MR) is 95.6 cm³/mol.